The van der Waals surface area contributed by atoms with Gasteiger partial charge in [0.05, 0.1) is 17.1 Å². The number of carbonyl (C=O) groups excluding carboxylic acids is 2. The van der Waals surface area contributed by atoms with Gasteiger partial charge in [0.15, 0.2) is 0 Å². The molecule has 0 saturated carbocycles. The van der Waals surface area contributed by atoms with Crippen molar-refractivity contribution in [1.29, 1.82) is 0 Å². The zero-order valence-electron chi connectivity index (χ0n) is 14.1. The molecule has 0 radical (unpaired) electrons. The van der Waals surface area contributed by atoms with Crippen LogP contribution in [0, 0.1) is 10.1 Å². The smallest absolute Gasteiger partial charge is 0.339 e. The lowest BCUT2D eigenvalue weighted by Gasteiger charge is -2.08. The van der Waals surface area contributed by atoms with Gasteiger partial charge in [-0.2, -0.15) is 0 Å². The molecular formula is C19H17NO6. The van der Waals surface area contributed by atoms with Crippen LogP contribution >= 0.6 is 0 Å². The van der Waals surface area contributed by atoms with Crippen LogP contribution in [0.1, 0.15) is 28.4 Å². The number of carbonyl (C=O) groups is 2. The zero-order valence-corrected chi connectivity index (χ0v) is 14.1. The maximum atomic E-state index is 12.4. The van der Waals surface area contributed by atoms with E-state index in [2.05, 4.69) is 0 Å². The summed E-state index contributed by atoms with van der Waals surface area (Å²) >= 11 is 0. The Balaban J connectivity index is 2.24. The molecule has 26 heavy (non-hydrogen) atoms. The number of nitro benzene ring substituents is 1. The van der Waals surface area contributed by atoms with E-state index in [-0.39, 0.29) is 24.5 Å². The van der Waals surface area contributed by atoms with E-state index in [9.17, 15) is 19.7 Å². The van der Waals surface area contributed by atoms with Gasteiger partial charge in [-0.15, -0.1) is 0 Å². The standard InChI is InChI=1S/C19H17NO6/c1-2-25-18(21)11-9-15-8-10-16(20(23)24)12-17(15)19(22)26-13-14-6-4-3-5-7-14/h3-12H,2,13H2,1H3/b11-9+. The Kier molecular flexibility index (Phi) is 6.61. The number of ether oxygens (including phenoxy) is 2. The summed E-state index contributed by atoms with van der Waals surface area (Å²) in [5.74, 6) is -1.30. The van der Waals surface area contributed by atoms with E-state index in [1.54, 1.807) is 19.1 Å². The molecule has 0 amide bonds. The molecule has 0 aromatic heterocycles. The summed E-state index contributed by atoms with van der Waals surface area (Å²) in [4.78, 5) is 34.2. The highest BCUT2D eigenvalue weighted by Gasteiger charge is 2.17. The average Bonchev–Trinajstić information content (AvgIpc) is 2.65. The van der Waals surface area contributed by atoms with Crippen LogP contribution in [-0.4, -0.2) is 23.5 Å². The number of nitro groups is 1. The van der Waals surface area contributed by atoms with Gasteiger partial charge in [0, 0.05) is 18.2 Å². The van der Waals surface area contributed by atoms with E-state index in [0.717, 1.165) is 17.7 Å². The summed E-state index contributed by atoms with van der Waals surface area (Å²) in [6.07, 6.45) is 2.51. The first-order valence-corrected chi connectivity index (χ1v) is 7.85. The van der Waals surface area contributed by atoms with Gasteiger partial charge in [0.25, 0.3) is 5.69 Å². The molecular weight excluding hydrogens is 338 g/mol. The van der Waals surface area contributed by atoms with Crippen LogP contribution in [0.3, 0.4) is 0 Å². The van der Waals surface area contributed by atoms with E-state index in [0.29, 0.717) is 5.56 Å². The Labute approximate surface area is 150 Å². The molecule has 0 aliphatic rings. The van der Waals surface area contributed by atoms with E-state index >= 15 is 0 Å². The van der Waals surface area contributed by atoms with E-state index < -0.39 is 16.9 Å². The summed E-state index contributed by atoms with van der Waals surface area (Å²) in [5.41, 5.74) is 0.859. The quantitative estimate of drug-likeness (QED) is 0.326. The largest absolute Gasteiger partial charge is 0.463 e. The lowest BCUT2D eigenvalue weighted by molar-refractivity contribution is -0.384. The van der Waals surface area contributed by atoms with Gasteiger partial charge in [0.2, 0.25) is 0 Å². The van der Waals surface area contributed by atoms with E-state index in [1.165, 1.54) is 18.2 Å². The summed E-state index contributed by atoms with van der Waals surface area (Å²) in [7, 11) is 0. The van der Waals surface area contributed by atoms with Crippen molar-refractivity contribution < 1.29 is 24.0 Å². The predicted octanol–water partition coefficient (Wildman–Crippen LogP) is 3.53. The van der Waals surface area contributed by atoms with Gasteiger partial charge >= 0.3 is 11.9 Å². The van der Waals surface area contributed by atoms with Crippen LogP contribution in [0.25, 0.3) is 6.08 Å². The van der Waals surface area contributed by atoms with Gasteiger partial charge in [-0.25, -0.2) is 9.59 Å². The Morgan fingerprint density at radius 2 is 1.85 bits per heavy atom. The molecule has 7 nitrogen and oxygen atoms in total. The Morgan fingerprint density at radius 1 is 1.12 bits per heavy atom. The minimum Gasteiger partial charge on any atom is -0.463 e. The maximum absolute atomic E-state index is 12.4. The third-order valence-corrected chi connectivity index (χ3v) is 3.37. The molecule has 2 aromatic rings. The van der Waals surface area contributed by atoms with Crippen molar-refractivity contribution in [3.63, 3.8) is 0 Å². The van der Waals surface area contributed by atoms with Crippen LogP contribution in [0.2, 0.25) is 0 Å². The van der Waals surface area contributed by atoms with E-state index in [4.69, 9.17) is 9.47 Å². The van der Waals surface area contributed by atoms with Gasteiger partial charge < -0.3 is 9.47 Å². The average molecular weight is 355 g/mol. The topological polar surface area (TPSA) is 95.7 Å². The predicted molar refractivity (Wildman–Crippen MR) is 94.3 cm³/mol. The van der Waals surface area contributed by atoms with Gasteiger partial charge in [0.1, 0.15) is 6.61 Å². The van der Waals surface area contributed by atoms with Gasteiger partial charge in [-0.1, -0.05) is 30.3 Å². The maximum Gasteiger partial charge on any atom is 0.339 e. The molecule has 0 bridgehead atoms. The molecule has 0 aliphatic heterocycles. The number of benzene rings is 2. The zero-order chi connectivity index (χ0) is 18.9. The van der Waals surface area contributed by atoms with Gasteiger partial charge in [-0.05, 0) is 30.2 Å². The number of non-ortho nitro benzene ring substituents is 1. The molecule has 134 valence electrons. The number of nitrogens with zero attached hydrogens (tertiary/aromatic N) is 1. The second-order valence-electron chi connectivity index (χ2n) is 5.18. The Bertz CT molecular complexity index is 829. The number of hydrogen-bond acceptors (Lipinski definition) is 6. The molecule has 0 aliphatic carbocycles. The highest BCUT2D eigenvalue weighted by Crippen LogP contribution is 2.21. The van der Waals surface area contributed by atoms with Crippen LogP contribution in [-0.2, 0) is 20.9 Å². The van der Waals surface area contributed by atoms with Crippen molar-refractivity contribution in [2.24, 2.45) is 0 Å². The fraction of sp³-hybridized carbons (Fsp3) is 0.158. The summed E-state index contributed by atoms with van der Waals surface area (Å²) in [5, 5.41) is 11.0. The molecule has 0 unspecified atom stereocenters. The minimum absolute atomic E-state index is 0.00400. The molecule has 0 saturated heterocycles. The van der Waals surface area contributed by atoms with E-state index in [1.807, 2.05) is 18.2 Å². The van der Waals surface area contributed by atoms with Crippen LogP contribution < -0.4 is 0 Å². The summed E-state index contributed by atoms with van der Waals surface area (Å²) in [6, 6.07) is 12.8. The third-order valence-electron chi connectivity index (χ3n) is 3.37. The SMILES string of the molecule is CCOC(=O)/C=C/c1ccc([N+](=O)[O-])cc1C(=O)OCc1ccccc1. The monoisotopic (exact) mass is 355 g/mol. The van der Waals surface area contributed by atoms with Crippen molar-refractivity contribution >= 4 is 23.7 Å². The molecule has 0 fully saturated rings. The van der Waals surface area contributed by atoms with Gasteiger partial charge in [-0.3, -0.25) is 10.1 Å². The number of rotatable bonds is 7. The van der Waals surface area contributed by atoms with Crippen molar-refractivity contribution in [3.8, 4) is 0 Å². The van der Waals surface area contributed by atoms with Crippen molar-refractivity contribution in [2.45, 2.75) is 13.5 Å². The summed E-state index contributed by atoms with van der Waals surface area (Å²) in [6.45, 7) is 1.92. The van der Waals surface area contributed by atoms with Crippen molar-refractivity contribution in [2.75, 3.05) is 6.61 Å². The Morgan fingerprint density at radius 3 is 2.50 bits per heavy atom. The number of hydrogen-bond donors (Lipinski definition) is 0. The third kappa shape index (κ3) is 5.27. The highest BCUT2D eigenvalue weighted by molar-refractivity contribution is 5.96. The second kappa shape index (κ2) is 9.12. The lowest BCUT2D eigenvalue weighted by atomic mass is 10.1. The molecule has 2 rings (SSSR count). The highest BCUT2D eigenvalue weighted by atomic mass is 16.6. The minimum atomic E-state index is -0.721. The van der Waals surface area contributed by atoms with Crippen molar-refractivity contribution in [1.82, 2.24) is 0 Å². The summed E-state index contributed by atoms with van der Waals surface area (Å²) < 4.78 is 10.0. The molecule has 7 heteroatoms. The molecule has 0 heterocycles. The first-order chi connectivity index (χ1) is 12.5. The first-order valence-electron chi connectivity index (χ1n) is 7.85. The normalized spacial score (nSPS) is 10.5. The van der Waals surface area contributed by atoms with Crippen molar-refractivity contribution in [3.05, 3.63) is 81.4 Å². The number of esters is 2. The van der Waals surface area contributed by atoms with Crippen LogP contribution in [0.5, 0.6) is 0 Å². The fourth-order valence-electron chi connectivity index (χ4n) is 2.13. The van der Waals surface area contributed by atoms with Crippen LogP contribution in [0.15, 0.2) is 54.6 Å². The molecule has 0 atom stereocenters. The Hall–Kier alpha value is -3.48. The fourth-order valence-corrected chi connectivity index (χ4v) is 2.13. The lowest BCUT2D eigenvalue weighted by Crippen LogP contribution is -2.08. The molecule has 0 N–H and O–H groups in total. The van der Waals surface area contributed by atoms with Crippen LogP contribution in [0.4, 0.5) is 5.69 Å². The molecule has 2 aromatic carbocycles. The second-order valence-corrected chi connectivity index (χ2v) is 5.18. The molecule has 0 spiro atoms. The first kappa shape index (κ1) is 18.9.